The molecule has 0 bridgehead atoms. The van der Waals surface area contributed by atoms with E-state index in [1.165, 1.54) is 6.20 Å². The number of aromatic nitrogens is 3. The molecule has 0 radical (unpaired) electrons. The third-order valence-corrected chi connectivity index (χ3v) is 3.04. The molecule has 0 saturated heterocycles. The Bertz CT molecular complexity index is 872. The quantitative estimate of drug-likeness (QED) is 0.787. The molecule has 3 aromatic rings. The minimum absolute atomic E-state index is 0.220. The lowest BCUT2D eigenvalue weighted by atomic mass is 10.1. The number of carboxylic acids is 1. The zero-order valence-corrected chi connectivity index (χ0v) is 10.9. The summed E-state index contributed by atoms with van der Waals surface area (Å²) in [5.41, 5.74) is 1.15. The van der Waals surface area contributed by atoms with Gasteiger partial charge in [0.15, 0.2) is 5.65 Å². The van der Waals surface area contributed by atoms with Crippen molar-refractivity contribution in [2.24, 2.45) is 0 Å². The van der Waals surface area contributed by atoms with Gasteiger partial charge in [-0.25, -0.2) is 9.97 Å². The standard InChI is InChI=1S/C15H11N3O3/c19-12(20)9-18-14-11(7-4-8-16-14)17-13(15(18)21)10-5-2-1-3-6-10/h1-8H,9H2,(H,19,20). The third-order valence-electron chi connectivity index (χ3n) is 3.04. The van der Waals surface area contributed by atoms with Crippen LogP contribution in [0, 0.1) is 0 Å². The summed E-state index contributed by atoms with van der Waals surface area (Å²) < 4.78 is 1.13. The second-order valence-corrected chi connectivity index (χ2v) is 4.46. The lowest BCUT2D eigenvalue weighted by molar-refractivity contribution is -0.137. The fourth-order valence-corrected chi connectivity index (χ4v) is 2.14. The van der Waals surface area contributed by atoms with Gasteiger partial charge >= 0.3 is 5.97 Å². The van der Waals surface area contributed by atoms with Gasteiger partial charge in [0.2, 0.25) is 0 Å². The largest absolute Gasteiger partial charge is 0.480 e. The predicted octanol–water partition coefficient (Wildman–Crippen LogP) is 1.54. The topological polar surface area (TPSA) is 85.1 Å². The van der Waals surface area contributed by atoms with Crippen molar-refractivity contribution in [1.82, 2.24) is 14.5 Å². The minimum atomic E-state index is -1.10. The SMILES string of the molecule is O=C(O)Cn1c(=O)c(-c2ccccc2)nc2cccnc21. The Labute approximate surface area is 119 Å². The molecule has 0 fully saturated rings. The van der Waals surface area contributed by atoms with Crippen LogP contribution < -0.4 is 5.56 Å². The number of pyridine rings is 1. The number of aliphatic carboxylic acids is 1. The molecule has 0 aliphatic carbocycles. The summed E-state index contributed by atoms with van der Waals surface area (Å²) in [6.07, 6.45) is 1.50. The average molecular weight is 281 g/mol. The van der Waals surface area contributed by atoms with Crippen LogP contribution in [0.25, 0.3) is 22.4 Å². The first kappa shape index (κ1) is 13.0. The fraction of sp³-hybridized carbons (Fsp3) is 0.0667. The maximum Gasteiger partial charge on any atom is 0.323 e. The van der Waals surface area contributed by atoms with Crippen molar-refractivity contribution in [3.8, 4) is 11.3 Å². The summed E-state index contributed by atoms with van der Waals surface area (Å²) in [6, 6.07) is 12.3. The molecule has 2 heterocycles. The van der Waals surface area contributed by atoms with Gasteiger partial charge in [0.25, 0.3) is 5.56 Å². The van der Waals surface area contributed by atoms with Crippen molar-refractivity contribution in [2.45, 2.75) is 6.54 Å². The van der Waals surface area contributed by atoms with E-state index < -0.39 is 18.1 Å². The van der Waals surface area contributed by atoms with E-state index in [2.05, 4.69) is 9.97 Å². The summed E-state index contributed by atoms with van der Waals surface area (Å²) in [5, 5.41) is 9.00. The van der Waals surface area contributed by atoms with E-state index in [9.17, 15) is 9.59 Å². The van der Waals surface area contributed by atoms with E-state index in [1.807, 2.05) is 6.07 Å². The minimum Gasteiger partial charge on any atom is -0.480 e. The summed E-state index contributed by atoms with van der Waals surface area (Å²) in [4.78, 5) is 31.9. The van der Waals surface area contributed by atoms with E-state index in [0.717, 1.165) is 4.57 Å². The zero-order chi connectivity index (χ0) is 14.8. The van der Waals surface area contributed by atoms with Crippen molar-refractivity contribution in [3.05, 3.63) is 59.0 Å². The second kappa shape index (κ2) is 5.16. The number of rotatable bonds is 3. The Morgan fingerprint density at radius 3 is 2.62 bits per heavy atom. The van der Waals surface area contributed by atoms with Crippen LogP contribution in [0.1, 0.15) is 0 Å². The van der Waals surface area contributed by atoms with Gasteiger partial charge < -0.3 is 5.11 Å². The van der Waals surface area contributed by atoms with Gasteiger partial charge in [-0.1, -0.05) is 30.3 Å². The van der Waals surface area contributed by atoms with E-state index in [4.69, 9.17) is 5.11 Å². The first-order valence-corrected chi connectivity index (χ1v) is 6.29. The van der Waals surface area contributed by atoms with Crippen LogP contribution in [0.5, 0.6) is 0 Å². The molecule has 6 nitrogen and oxygen atoms in total. The van der Waals surface area contributed by atoms with Crippen molar-refractivity contribution < 1.29 is 9.90 Å². The summed E-state index contributed by atoms with van der Waals surface area (Å²) in [6.45, 7) is -0.450. The maximum absolute atomic E-state index is 12.5. The normalized spacial score (nSPS) is 10.7. The van der Waals surface area contributed by atoms with E-state index in [0.29, 0.717) is 11.1 Å². The Balaban J connectivity index is 2.35. The van der Waals surface area contributed by atoms with E-state index >= 15 is 0 Å². The first-order valence-electron chi connectivity index (χ1n) is 6.29. The van der Waals surface area contributed by atoms with Crippen LogP contribution in [0.3, 0.4) is 0 Å². The molecule has 0 aliphatic rings. The van der Waals surface area contributed by atoms with Gasteiger partial charge in [0.05, 0.1) is 0 Å². The summed E-state index contributed by atoms with van der Waals surface area (Å²) in [5.74, 6) is -1.10. The molecule has 0 aliphatic heterocycles. The van der Waals surface area contributed by atoms with Gasteiger partial charge in [-0.15, -0.1) is 0 Å². The molecule has 6 heteroatoms. The maximum atomic E-state index is 12.5. The molecule has 104 valence electrons. The molecule has 0 saturated carbocycles. The van der Waals surface area contributed by atoms with Crippen LogP contribution in [-0.4, -0.2) is 25.6 Å². The molecule has 0 atom stereocenters. The first-order chi connectivity index (χ1) is 10.2. The van der Waals surface area contributed by atoms with Crippen molar-refractivity contribution in [1.29, 1.82) is 0 Å². The molecule has 0 amide bonds. The highest BCUT2D eigenvalue weighted by Gasteiger charge is 2.14. The Morgan fingerprint density at radius 2 is 1.90 bits per heavy atom. The molecule has 21 heavy (non-hydrogen) atoms. The number of nitrogens with zero attached hydrogens (tertiary/aromatic N) is 3. The van der Waals surface area contributed by atoms with Crippen LogP contribution >= 0.6 is 0 Å². The van der Waals surface area contributed by atoms with Gasteiger partial charge in [-0.3, -0.25) is 14.2 Å². The van der Waals surface area contributed by atoms with E-state index in [-0.39, 0.29) is 11.3 Å². The fourth-order valence-electron chi connectivity index (χ4n) is 2.14. The van der Waals surface area contributed by atoms with Crippen molar-refractivity contribution in [2.75, 3.05) is 0 Å². The molecule has 1 aromatic carbocycles. The molecular weight excluding hydrogens is 270 g/mol. The number of hydrogen-bond acceptors (Lipinski definition) is 4. The zero-order valence-electron chi connectivity index (χ0n) is 10.9. The van der Waals surface area contributed by atoms with Crippen LogP contribution in [0.2, 0.25) is 0 Å². The van der Waals surface area contributed by atoms with Gasteiger partial charge in [-0.2, -0.15) is 0 Å². The van der Waals surface area contributed by atoms with Crippen LogP contribution in [-0.2, 0) is 11.3 Å². The molecule has 1 N–H and O–H groups in total. The molecule has 3 rings (SSSR count). The van der Waals surface area contributed by atoms with Crippen LogP contribution in [0.15, 0.2) is 53.5 Å². The number of benzene rings is 1. The number of fused-ring (bicyclic) bond motifs is 1. The van der Waals surface area contributed by atoms with Crippen molar-refractivity contribution >= 4 is 17.1 Å². The Morgan fingerprint density at radius 1 is 1.14 bits per heavy atom. The number of carboxylic acid groups (broad SMARTS) is 1. The monoisotopic (exact) mass is 281 g/mol. The van der Waals surface area contributed by atoms with Crippen molar-refractivity contribution in [3.63, 3.8) is 0 Å². The lowest BCUT2D eigenvalue weighted by Crippen LogP contribution is -2.27. The van der Waals surface area contributed by atoms with Crippen LogP contribution in [0.4, 0.5) is 0 Å². The summed E-state index contributed by atoms with van der Waals surface area (Å²) in [7, 11) is 0. The lowest BCUT2D eigenvalue weighted by Gasteiger charge is -2.09. The average Bonchev–Trinajstić information content (AvgIpc) is 2.50. The molecule has 0 unspecified atom stereocenters. The molecule has 2 aromatic heterocycles. The highest BCUT2D eigenvalue weighted by molar-refractivity contribution is 5.76. The smallest absolute Gasteiger partial charge is 0.323 e. The van der Waals surface area contributed by atoms with Gasteiger partial charge in [0, 0.05) is 11.8 Å². The molecular formula is C15H11N3O3. The Hall–Kier alpha value is -3.02. The molecule has 0 spiro atoms. The number of hydrogen-bond donors (Lipinski definition) is 1. The van der Waals surface area contributed by atoms with E-state index in [1.54, 1.807) is 36.4 Å². The predicted molar refractivity (Wildman–Crippen MR) is 76.9 cm³/mol. The second-order valence-electron chi connectivity index (χ2n) is 4.46. The Kier molecular flexibility index (Phi) is 3.19. The highest BCUT2D eigenvalue weighted by atomic mass is 16.4. The number of carbonyl (C=O) groups is 1. The summed E-state index contributed by atoms with van der Waals surface area (Å²) >= 11 is 0. The highest BCUT2D eigenvalue weighted by Crippen LogP contribution is 2.15. The van der Waals surface area contributed by atoms with Gasteiger partial charge in [0.1, 0.15) is 17.8 Å². The third kappa shape index (κ3) is 2.38. The van der Waals surface area contributed by atoms with Gasteiger partial charge in [-0.05, 0) is 12.1 Å².